The number of anilines is 2. The van der Waals surface area contributed by atoms with Crippen LogP contribution in [-0.4, -0.2) is 54.2 Å². The van der Waals surface area contributed by atoms with Crippen molar-refractivity contribution in [2.24, 2.45) is 5.73 Å². The van der Waals surface area contributed by atoms with Crippen LogP contribution in [0.1, 0.15) is 29.8 Å². The molecule has 0 radical (unpaired) electrons. The molecular weight excluding hydrogens is 474 g/mol. The third-order valence-electron chi connectivity index (χ3n) is 7.25. The van der Waals surface area contributed by atoms with E-state index in [0.717, 1.165) is 84.1 Å². The molecule has 0 atom stereocenters. The summed E-state index contributed by atoms with van der Waals surface area (Å²) in [6.45, 7) is 2.45. The van der Waals surface area contributed by atoms with E-state index in [4.69, 9.17) is 10.7 Å². The molecule has 4 aromatic rings. The van der Waals surface area contributed by atoms with Gasteiger partial charge in [0.1, 0.15) is 23.8 Å². The molecule has 186 valence electrons. The Morgan fingerprint density at radius 2 is 1.83 bits per heavy atom. The maximum absolute atomic E-state index is 12.0. The van der Waals surface area contributed by atoms with Gasteiger partial charge < -0.3 is 20.9 Å². The Balaban J connectivity index is 1.31. The van der Waals surface area contributed by atoms with Gasteiger partial charge in [-0.3, -0.25) is 0 Å². The van der Waals surface area contributed by atoms with Crippen molar-refractivity contribution in [3.8, 4) is 11.1 Å². The number of para-hydroxylation sites is 1. The number of nitrogens with one attached hydrogen (secondary N) is 2. The third kappa shape index (κ3) is 4.10. The molecule has 2 aliphatic heterocycles. The normalized spacial score (nSPS) is 17.2. The van der Waals surface area contributed by atoms with Crippen LogP contribution in [0.4, 0.5) is 11.6 Å². The van der Waals surface area contributed by atoms with Crippen molar-refractivity contribution in [1.29, 1.82) is 0 Å². The minimum atomic E-state index is -3.18. The van der Waals surface area contributed by atoms with Gasteiger partial charge in [-0.15, -0.1) is 0 Å². The van der Waals surface area contributed by atoms with Crippen molar-refractivity contribution in [1.82, 2.24) is 19.9 Å². The van der Waals surface area contributed by atoms with Crippen molar-refractivity contribution in [2.45, 2.75) is 30.6 Å². The first-order valence-corrected chi connectivity index (χ1v) is 14.2. The van der Waals surface area contributed by atoms with Crippen LogP contribution >= 0.6 is 0 Å². The van der Waals surface area contributed by atoms with E-state index < -0.39 is 15.4 Å². The van der Waals surface area contributed by atoms with Crippen LogP contribution in [0.3, 0.4) is 0 Å². The molecule has 1 fully saturated rings. The predicted molar refractivity (Wildman–Crippen MR) is 142 cm³/mol. The number of benzene rings is 2. The number of aromatic nitrogens is 4. The highest BCUT2D eigenvalue weighted by atomic mass is 32.2. The molecule has 0 aliphatic carbocycles. The largest absolute Gasteiger partial charge is 0.369 e. The Morgan fingerprint density at radius 1 is 1.06 bits per heavy atom. The second kappa shape index (κ2) is 8.56. The van der Waals surface area contributed by atoms with Crippen LogP contribution in [-0.2, 0) is 27.5 Å². The van der Waals surface area contributed by atoms with E-state index in [1.807, 2.05) is 42.5 Å². The second-order valence-electron chi connectivity index (χ2n) is 9.86. The number of nitrogens with two attached hydrogens (primary N) is 1. The van der Waals surface area contributed by atoms with E-state index in [-0.39, 0.29) is 5.75 Å². The highest BCUT2D eigenvalue weighted by Crippen LogP contribution is 2.37. The highest BCUT2D eigenvalue weighted by molar-refractivity contribution is 7.89. The van der Waals surface area contributed by atoms with E-state index in [9.17, 15) is 8.42 Å². The molecule has 4 N–H and O–H groups in total. The second-order valence-corrected chi connectivity index (χ2v) is 12.0. The van der Waals surface area contributed by atoms with Gasteiger partial charge in [-0.25, -0.2) is 23.4 Å². The number of nitrogens with zero attached hydrogens (tertiary/aromatic N) is 4. The highest BCUT2D eigenvalue weighted by Gasteiger charge is 2.37. The van der Waals surface area contributed by atoms with Crippen molar-refractivity contribution < 1.29 is 8.42 Å². The lowest BCUT2D eigenvalue weighted by atomic mass is 9.87. The number of aromatic amines is 1. The Morgan fingerprint density at radius 3 is 2.64 bits per heavy atom. The number of piperidine rings is 1. The number of sulfone groups is 1. The summed E-state index contributed by atoms with van der Waals surface area (Å²) < 4.78 is 24.1. The lowest BCUT2D eigenvalue weighted by molar-refractivity contribution is 0.326. The first kappa shape index (κ1) is 22.9. The molecule has 0 bridgehead atoms. The summed E-state index contributed by atoms with van der Waals surface area (Å²) in [5.74, 6) is 2.68. The van der Waals surface area contributed by atoms with Crippen LogP contribution in [0.2, 0.25) is 0 Å². The quantitative estimate of drug-likeness (QED) is 0.379. The standard InChI is InChI=1S/C26H29N7O2S/c1-36(34,35)15-17-5-2-3-6-18(17)19-7-4-8-21-22(19)32-25(31-21)26(27)10-13-33(14-11-26)24-20-9-12-28-23(20)29-16-30-24/h2-8,16H,9-15,27H2,1H3,(H,31,32)(H,28,29,30). The van der Waals surface area contributed by atoms with Crippen molar-refractivity contribution >= 4 is 32.5 Å². The molecule has 0 amide bonds. The first-order valence-electron chi connectivity index (χ1n) is 12.2. The van der Waals surface area contributed by atoms with Gasteiger partial charge in [0, 0.05) is 37.0 Å². The molecule has 1 saturated heterocycles. The Bertz CT molecular complexity index is 1560. The summed E-state index contributed by atoms with van der Waals surface area (Å²) in [6, 6.07) is 13.6. The summed E-state index contributed by atoms with van der Waals surface area (Å²) in [7, 11) is -3.18. The third-order valence-corrected chi connectivity index (χ3v) is 8.09. The zero-order valence-corrected chi connectivity index (χ0v) is 21.0. The molecule has 0 saturated carbocycles. The number of H-pyrrole nitrogens is 1. The van der Waals surface area contributed by atoms with Gasteiger partial charge in [0.15, 0.2) is 9.84 Å². The topological polar surface area (TPSA) is 130 Å². The van der Waals surface area contributed by atoms with Crippen molar-refractivity contribution in [3.63, 3.8) is 0 Å². The molecule has 2 aromatic carbocycles. The fraction of sp³-hybridized carbons (Fsp3) is 0.346. The summed E-state index contributed by atoms with van der Waals surface area (Å²) in [5, 5.41) is 3.32. The summed E-state index contributed by atoms with van der Waals surface area (Å²) in [6.07, 6.45) is 5.29. The Hall–Kier alpha value is -3.50. The smallest absolute Gasteiger partial charge is 0.151 e. The van der Waals surface area contributed by atoms with Crippen LogP contribution in [0, 0.1) is 0 Å². The minimum Gasteiger partial charge on any atom is -0.369 e. The molecule has 0 spiro atoms. The lowest BCUT2D eigenvalue weighted by Gasteiger charge is -2.39. The average molecular weight is 504 g/mol. The molecule has 2 aliphatic rings. The van der Waals surface area contributed by atoms with Crippen LogP contribution in [0.15, 0.2) is 48.8 Å². The lowest BCUT2D eigenvalue weighted by Crippen LogP contribution is -2.49. The van der Waals surface area contributed by atoms with E-state index in [2.05, 4.69) is 25.2 Å². The first-order chi connectivity index (χ1) is 17.3. The maximum atomic E-state index is 12.0. The Labute approximate surface area is 210 Å². The predicted octanol–water partition coefficient (Wildman–Crippen LogP) is 2.99. The van der Waals surface area contributed by atoms with Crippen molar-refractivity contribution in [2.75, 3.05) is 36.1 Å². The average Bonchev–Trinajstić information content (AvgIpc) is 3.51. The van der Waals surface area contributed by atoms with E-state index in [1.165, 1.54) is 11.8 Å². The molecular formula is C26H29N7O2S. The van der Waals surface area contributed by atoms with Crippen LogP contribution in [0.25, 0.3) is 22.2 Å². The summed E-state index contributed by atoms with van der Waals surface area (Å²) in [4.78, 5) is 19.7. The zero-order chi connectivity index (χ0) is 24.9. The SMILES string of the molecule is CS(=O)(=O)Cc1ccccc1-c1cccc2[nH]c(C3(N)CCN(c4ncnc5c4CCN5)CC3)nc12. The van der Waals surface area contributed by atoms with Gasteiger partial charge in [0.05, 0.1) is 22.3 Å². The van der Waals surface area contributed by atoms with E-state index in [1.54, 1.807) is 6.33 Å². The van der Waals surface area contributed by atoms with E-state index in [0.29, 0.717) is 0 Å². The number of rotatable bonds is 5. The molecule has 36 heavy (non-hydrogen) atoms. The summed E-state index contributed by atoms with van der Waals surface area (Å²) >= 11 is 0. The molecule has 9 nitrogen and oxygen atoms in total. The van der Waals surface area contributed by atoms with Gasteiger partial charge in [0.2, 0.25) is 0 Å². The Kier molecular flexibility index (Phi) is 5.45. The van der Waals surface area contributed by atoms with Gasteiger partial charge in [-0.2, -0.15) is 0 Å². The van der Waals surface area contributed by atoms with Gasteiger partial charge in [-0.1, -0.05) is 36.4 Å². The molecule has 10 heteroatoms. The van der Waals surface area contributed by atoms with Gasteiger partial charge in [-0.05, 0) is 36.5 Å². The van der Waals surface area contributed by atoms with Crippen LogP contribution < -0.4 is 16.0 Å². The van der Waals surface area contributed by atoms with Crippen LogP contribution in [0.5, 0.6) is 0 Å². The number of imidazole rings is 1. The zero-order valence-electron chi connectivity index (χ0n) is 20.2. The summed E-state index contributed by atoms with van der Waals surface area (Å²) in [5.41, 5.74) is 11.8. The minimum absolute atomic E-state index is 0.0181. The van der Waals surface area contributed by atoms with E-state index >= 15 is 0 Å². The van der Waals surface area contributed by atoms with Gasteiger partial charge >= 0.3 is 0 Å². The fourth-order valence-electron chi connectivity index (χ4n) is 5.40. The van der Waals surface area contributed by atoms with Crippen molar-refractivity contribution in [3.05, 3.63) is 65.7 Å². The van der Waals surface area contributed by atoms with Gasteiger partial charge in [0.25, 0.3) is 0 Å². The number of hydrogen-bond acceptors (Lipinski definition) is 8. The fourth-order valence-corrected chi connectivity index (χ4v) is 6.21. The maximum Gasteiger partial charge on any atom is 0.151 e. The monoisotopic (exact) mass is 503 g/mol. The molecule has 4 heterocycles. The molecule has 2 aromatic heterocycles. The molecule has 0 unspecified atom stereocenters. The number of hydrogen-bond donors (Lipinski definition) is 3. The molecule has 6 rings (SSSR count). The number of fused-ring (bicyclic) bond motifs is 2.